The van der Waals surface area contributed by atoms with Crippen LogP contribution in [0.2, 0.25) is 0 Å². The Morgan fingerprint density at radius 3 is 2.44 bits per heavy atom. The third kappa shape index (κ3) is 1.79. The molecule has 0 aromatic heterocycles. The third-order valence-electron chi connectivity index (χ3n) is 2.31. The Hall–Kier alpha value is -2.17. The Kier molecular flexibility index (Phi) is 2.44. The predicted octanol–water partition coefficient (Wildman–Crippen LogP) is 1.18. The Labute approximate surface area is 90.6 Å². The molecule has 0 unspecified atom stereocenters. The number of carboxylic acids is 1. The number of anilines is 1. The van der Waals surface area contributed by atoms with Gasteiger partial charge in [-0.2, -0.15) is 0 Å². The minimum absolute atomic E-state index is 0.0137. The summed E-state index contributed by atoms with van der Waals surface area (Å²) in [4.78, 5) is 23.4. The van der Waals surface area contributed by atoms with E-state index < -0.39 is 17.7 Å². The van der Waals surface area contributed by atoms with E-state index in [1.165, 1.54) is 29.2 Å². The number of hydrogen-bond acceptors (Lipinski definition) is 2. The van der Waals surface area contributed by atoms with Crippen molar-refractivity contribution in [3.05, 3.63) is 41.7 Å². The molecule has 1 amide bonds. The average Bonchev–Trinajstić information content (AvgIpc) is 2.62. The summed E-state index contributed by atoms with van der Waals surface area (Å²) in [5.41, 5.74) is 0.522. The van der Waals surface area contributed by atoms with Gasteiger partial charge in [-0.1, -0.05) is 0 Å². The van der Waals surface area contributed by atoms with Crippen molar-refractivity contribution in [2.75, 3.05) is 11.4 Å². The number of carbonyl (C=O) groups excluding carboxylic acids is 1. The van der Waals surface area contributed by atoms with Crippen LogP contribution in [0.4, 0.5) is 10.1 Å². The van der Waals surface area contributed by atoms with Crippen LogP contribution < -0.4 is 4.90 Å². The predicted molar refractivity (Wildman–Crippen MR) is 54.5 cm³/mol. The van der Waals surface area contributed by atoms with E-state index in [4.69, 9.17) is 5.11 Å². The SMILES string of the molecule is O=C(O)C1=CC(=O)N(c2ccc(F)cc2)C1. The Morgan fingerprint density at radius 1 is 1.31 bits per heavy atom. The molecule has 1 aromatic carbocycles. The van der Waals surface area contributed by atoms with Crippen LogP contribution in [0.1, 0.15) is 0 Å². The van der Waals surface area contributed by atoms with Crippen molar-refractivity contribution in [1.82, 2.24) is 0 Å². The first kappa shape index (κ1) is 10.4. The van der Waals surface area contributed by atoms with Crippen molar-refractivity contribution in [3.8, 4) is 0 Å². The van der Waals surface area contributed by atoms with Crippen LogP contribution in [0.3, 0.4) is 0 Å². The highest BCUT2D eigenvalue weighted by atomic mass is 19.1. The Morgan fingerprint density at radius 2 is 1.94 bits per heavy atom. The highest BCUT2D eigenvalue weighted by Gasteiger charge is 2.26. The Balaban J connectivity index is 2.23. The summed E-state index contributed by atoms with van der Waals surface area (Å²) in [5.74, 6) is -1.91. The summed E-state index contributed by atoms with van der Waals surface area (Å²) in [6, 6.07) is 5.32. The van der Waals surface area contributed by atoms with E-state index in [0.717, 1.165) is 6.08 Å². The molecule has 1 N–H and O–H groups in total. The van der Waals surface area contributed by atoms with Crippen molar-refractivity contribution in [3.63, 3.8) is 0 Å². The van der Waals surface area contributed by atoms with Crippen molar-refractivity contribution < 1.29 is 19.1 Å². The largest absolute Gasteiger partial charge is 0.478 e. The van der Waals surface area contributed by atoms with Crippen LogP contribution in [0.5, 0.6) is 0 Å². The summed E-state index contributed by atoms with van der Waals surface area (Å²) in [5, 5.41) is 8.73. The monoisotopic (exact) mass is 221 g/mol. The van der Waals surface area contributed by atoms with Gasteiger partial charge in [-0.3, -0.25) is 4.79 Å². The molecule has 82 valence electrons. The molecule has 1 heterocycles. The maximum Gasteiger partial charge on any atom is 0.333 e. The number of benzene rings is 1. The van der Waals surface area contributed by atoms with Crippen LogP contribution in [-0.4, -0.2) is 23.5 Å². The second-order valence-corrected chi connectivity index (χ2v) is 3.38. The number of halogens is 1. The highest BCUT2D eigenvalue weighted by Crippen LogP contribution is 2.21. The van der Waals surface area contributed by atoms with Crippen LogP contribution in [0.15, 0.2) is 35.9 Å². The molecule has 0 saturated carbocycles. The lowest BCUT2D eigenvalue weighted by molar-refractivity contribution is -0.132. The summed E-state index contributed by atoms with van der Waals surface area (Å²) in [7, 11) is 0. The number of carbonyl (C=O) groups is 2. The third-order valence-corrected chi connectivity index (χ3v) is 2.31. The molecular formula is C11H8FNO3. The molecular weight excluding hydrogens is 213 g/mol. The first-order chi connectivity index (χ1) is 7.58. The number of rotatable bonds is 2. The number of amides is 1. The van der Waals surface area contributed by atoms with Crippen molar-refractivity contribution in [2.45, 2.75) is 0 Å². The lowest BCUT2D eigenvalue weighted by Crippen LogP contribution is -2.26. The molecule has 0 saturated heterocycles. The van der Waals surface area contributed by atoms with Gasteiger partial charge < -0.3 is 10.0 Å². The van der Waals surface area contributed by atoms with Crippen molar-refractivity contribution >= 4 is 17.6 Å². The average molecular weight is 221 g/mol. The van der Waals surface area contributed by atoms with Gasteiger partial charge in [0, 0.05) is 11.8 Å². The van der Waals surface area contributed by atoms with Gasteiger partial charge in [-0.15, -0.1) is 0 Å². The molecule has 0 fully saturated rings. The molecule has 5 heteroatoms. The fraction of sp³-hybridized carbons (Fsp3) is 0.0909. The van der Waals surface area contributed by atoms with Gasteiger partial charge in [0.1, 0.15) is 5.82 Å². The van der Waals surface area contributed by atoms with Gasteiger partial charge in [-0.05, 0) is 24.3 Å². The molecule has 1 aromatic rings. The number of hydrogen-bond donors (Lipinski definition) is 1. The van der Waals surface area contributed by atoms with Crippen molar-refractivity contribution in [2.24, 2.45) is 0 Å². The molecule has 1 aliphatic heterocycles. The first-order valence-electron chi connectivity index (χ1n) is 4.59. The summed E-state index contributed by atoms with van der Waals surface area (Å²) in [6.45, 7) is 0.0137. The molecule has 2 rings (SSSR count). The van der Waals surface area contributed by atoms with Crippen LogP contribution >= 0.6 is 0 Å². The smallest absolute Gasteiger partial charge is 0.333 e. The standard InChI is InChI=1S/C11H8FNO3/c12-8-1-3-9(4-2-8)13-6-7(11(15)16)5-10(13)14/h1-5H,6H2,(H,15,16). The van der Waals surface area contributed by atoms with E-state index in [1.54, 1.807) is 0 Å². The van der Waals surface area contributed by atoms with Crippen LogP contribution in [0.25, 0.3) is 0 Å². The second kappa shape index (κ2) is 3.77. The van der Waals surface area contributed by atoms with E-state index in [2.05, 4.69) is 0 Å². The number of aliphatic carboxylic acids is 1. The van der Waals surface area contributed by atoms with E-state index in [-0.39, 0.29) is 12.1 Å². The number of nitrogens with zero attached hydrogens (tertiary/aromatic N) is 1. The van der Waals surface area contributed by atoms with Gasteiger partial charge in [0.05, 0.1) is 12.1 Å². The molecule has 4 nitrogen and oxygen atoms in total. The minimum Gasteiger partial charge on any atom is -0.478 e. The molecule has 0 bridgehead atoms. The normalized spacial score (nSPS) is 15.2. The van der Waals surface area contributed by atoms with Gasteiger partial charge >= 0.3 is 5.97 Å². The zero-order valence-electron chi connectivity index (χ0n) is 8.18. The lowest BCUT2D eigenvalue weighted by atomic mass is 10.2. The van der Waals surface area contributed by atoms with Gasteiger partial charge in [0.25, 0.3) is 5.91 Å². The first-order valence-corrected chi connectivity index (χ1v) is 4.59. The molecule has 0 atom stereocenters. The maximum atomic E-state index is 12.7. The summed E-state index contributed by atoms with van der Waals surface area (Å²) >= 11 is 0. The minimum atomic E-state index is -1.11. The fourth-order valence-electron chi connectivity index (χ4n) is 1.49. The molecule has 0 spiro atoms. The number of carboxylic acid groups (broad SMARTS) is 1. The maximum absolute atomic E-state index is 12.7. The van der Waals surface area contributed by atoms with E-state index in [9.17, 15) is 14.0 Å². The molecule has 0 aliphatic carbocycles. The quantitative estimate of drug-likeness (QED) is 0.815. The van der Waals surface area contributed by atoms with Gasteiger partial charge in [-0.25, -0.2) is 9.18 Å². The van der Waals surface area contributed by atoms with Gasteiger partial charge in [0.2, 0.25) is 0 Å². The zero-order valence-corrected chi connectivity index (χ0v) is 8.18. The van der Waals surface area contributed by atoms with Crippen LogP contribution in [0, 0.1) is 5.82 Å². The lowest BCUT2D eigenvalue weighted by Gasteiger charge is -2.15. The van der Waals surface area contributed by atoms with Crippen molar-refractivity contribution in [1.29, 1.82) is 0 Å². The second-order valence-electron chi connectivity index (χ2n) is 3.38. The van der Waals surface area contributed by atoms with E-state index in [1.807, 2.05) is 0 Å². The molecule has 1 aliphatic rings. The summed E-state index contributed by atoms with van der Waals surface area (Å²) in [6.07, 6.45) is 1.08. The van der Waals surface area contributed by atoms with Gasteiger partial charge in [0.15, 0.2) is 0 Å². The highest BCUT2D eigenvalue weighted by molar-refractivity contribution is 6.11. The Bertz CT molecular complexity index is 479. The topological polar surface area (TPSA) is 57.6 Å². The fourth-order valence-corrected chi connectivity index (χ4v) is 1.49. The van der Waals surface area contributed by atoms with E-state index >= 15 is 0 Å². The van der Waals surface area contributed by atoms with E-state index in [0.29, 0.717) is 5.69 Å². The van der Waals surface area contributed by atoms with Crippen LogP contribution in [-0.2, 0) is 9.59 Å². The summed E-state index contributed by atoms with van der Waals surface area (Å²) < 4.78 is 12.7. The zero-order chi connectivity index (χ0) is 11.7. The molecule has 0 radical (unpaired) electrons. The molecule has 16 heavy (non-hydrogen) atoms.